The first-order chi connectivity index (χ1) is 18.5. The van der Waals surface area contributed by atoms with Crippen LogP contribution in [0.25, 0.3) is 11.1 Å². The summed E-state index contributed by atoms with van der Waals surface area (Å²) in [5.74, 6) is 0.124. The number of anilines is 1. The Bertz CT molecular complexity index is 1420. The van der Waals surface area contributed by atoms with Crippen LogP contribution in [0.5, 0.6) is 5.75 Å². The van der Waals surface area contributed by atoms with Gasteiger partial charge in [0.25, 0.3) is 11.8 Å². The molecule has 6 nitrogen and oxygen atoms in total. The van der Waals surface area contributed by atoms with Gasteiger partial charge in [0.2, 0.25) is 0 Å². The Kier molecular flexibility index (Phi) is 8.00. The third-order valence-corrected chi connectivity index (χ3v) is 7.72. The molecule has 0 spiro atoms. The fourth-order valence-electron chi connectivity index (χ4n) is 4.38. The highest BCUT2D eigenvalue weighted by molar-refractivity contribution is 7.10. The number of aromatic nitrogens is 1. The summed E-state index contributed by atoms with van der Waals surface area (Å²) in [6.07, 6.45) is 1.54. The zero-order valence-electron chi connectivity index (χ0n) is 20.4. The van der Waals surface area contributed by atoms with Gasteiger partial charge < -0.3 is 15.0 Å². The van der Waals surface area contributed by atoms with Crippen molar-refractivity contribution in [1.82, 2.24) is 9.88 Å². The van der Waals surface area contributed by atoms with Crippen LogP contribution in [-0.2, 0) is 4.79 Å². The number of hydrogen-bond donors (Lipinski definition) is 1. The number of halogens is 2. The maximum atomic E-state index is 13.4. The van der Waals surface area contributed by atoms with Gasteiger partial charge in [0.05, 0.1) is 5.01 Å². The van der Waals surface area contributed by atoms with Crippen LogP contribution in [0.1, 0.15) is 34.3 Å². The van der Waals surface area contributed by atoms with Gasteiger partial charge in [0.15, 0.2) is 6.61 Å². The first kappa shape index (κ1) is 25.9. The SMILES string of the molecule is O=C(Nc1ccccc1-c1ccc(F)cc1)c1csc(C2CCN(C(=O)COc3ccc(Cl)cc3)CC2)n1. The van der Waals surface area contributed by atoms with Crippen molar-refractivity contribution < 1.29 is 18.7 Å². The molecule has 0 saturated carbocycles. The molecule has 1 aliphatic heterocycles. The number of likely N-dealkylation sites (tertiary alicyclic amines) is 1. The molecular formula is C29H25ClFN3O3S. The van der Waals surface area contributed by atoms with Gasteiger partial charge in [-0.05, 0) is 60.9 Å². The van der Waals surface area contributed by atoms with E-state index in [1.807, 2.05) is 24.3 Å². The number of carbonyl (C=O) groups is 2. The molecule has 1 aliphatic rings. The number of rotatable bonds is 7. The molecule has 2 heterocycles. The molecule has 1 aromatic heterocycles. The van der Waals surface area contributed by atoms with E-state index in [0.717, 1.165) is 29.0 Å². The van der Waals surface area contributed by atoms with Gasteiger partial charge in [0, 0.05) is 40.7 Å². The first-order valence-electron chi connectivity index (χ1n) is 12.2. The summed E-state index contributed by atoms with van der Waals surface area (Å²) in [6.45, 7) is 1.20. The number of benzene rings is 3. The van der Waals surface area contributed by atoms with Crippen LogP contribution in [0.4, 0.5) is 10.1 Å². The summed E-state index contributed by atoms with van der Waals surface area (Å²) >= 11 is 7.34. The van der Waals surface area contributed by atoms with Crippen molar-refractivity contribution in [1.29, 1.82) is 0 Å². The highest BCUT2D eigenvalue weighted by atomic mass is 35.5. The molecule has 5 rings (SSSR count). The summed E-state index contributed by atoms with van der Waals surface area (Å²) < 4.78 is 18.9. The fourth-order valence-corrected chi connectivity index (χ4v) is 5.48. The summed E-state index contributed by atoms with van der Waals surface area (Å²) in [5.41, 5.74) is 2.59. The Labute approximate surface area is 229 Å². The lowest BCUT2D eigenvalue weighted by atomic mass is 9.97. The number of piperidine rings is 1. The van der Waals surface area contributed by atoms with Gasteiger partial charge in [-0.25, -0.2) is 9.37 Å². The Morgan fingerprint density at radius 1 is 1.03 bits per heavy atom. The third-order valence-electron chi connectivity index (χ3n) is 6.46. The van der Waals surface area contributed by atoms with E-state index < -0.39 is 0 Å². The van der Waals surface area contributed by atoms with Crippen molar-refractivity contribution >= 4 is 40.4 Å². The predicted octanol–water partition coefficient (Wildman–Crippen LogP) is 6.64. The summed E-state index contributed by atoms with van der Waals surface area (Å²) in [4.78, 5) is 32.0. The molecule has 1 saturated heterocycles. The Morgan fingerprint density at radius 2 is 1.74 bits per heavy atom. The number of thiazole rings is 1. The molecule has 3 aromatic carbocycles. The number of ether oxygens (including phenoxy) is 1. The number of nitrogens with one attached hydrogen (secondary N) is 1. The van der Waals surface area contributed by atoms with E-state index in [2.05, 4.69) is 10.3 Å². The van der Waals surface area contributed by atoms with Crippen LogP contribution >= 0.6 is 22.9 Å². The molecule has 0 atom stereocenters. The second-order valence-electron chi connectivity index (χ2n) is 8.98. The van der Waals surface area contributed by atoms with Gasteiger partial charge in [-0.2, -0.15) is 0 Å². The second kappa shape index (κ2) is 11.8. The van der Waals surface area contributed by atoms with Crippen molar-refractivity contribution in [3.8, 4) is 16.9 Å². The number of carbonyl (C=O) groups excluding carboxylic acids is 2. The molecule has 1 N–H and O–H groups in total. The number of para-hydroxylation sites is 1. The highest BCUT2D eigenvalue weighted by Gasteiger charge is 2.26. The lowest BCUT2D eigenvalue weighted by Gasteiger charge is -2.31. The molecule has 0 radical (unpaired) electrons. The predicted molar refractivity (Wildman–Crippen MR) is 147 cm³/mol. The molecule has 2 amide bonds. The third kappa shape index (κ3) is 6.20. The molecule has 0 unspecified atom stereocenters. The number of nitrogens with zero attached hydrogens (tertiary/aromatic N) is 2. The van der Waals surface area contributed by atoms with Crippen LogP contribution in [-0.4, -0.2) is 41.4 Å². The van der Waals surface area contributed by atoms with Crippen molar-refractivity contribution in [2.45, 2.75) is 18.8 Å². The number of amides is 2. The Morgan fingerprint density at radius 3 is 2.47 bits per heavy atom. The van der Waals surface area contributed by atoms with E-state index >= 15 is 0 Å². The Balaban J connectivity index is 1.16. The molecule has 1 fully saturated rings. The van der Waals surface area contributed by atoms with E-state index in [0.29, 0.717) is 35.2 Å². The average Bonchev–Trinajstić information content (AvgIpc) is 3.44. The van der Waals surface area contributed by atoms with Crippen molar-refractivity contribution in [3.05, 3.63) is 99.7 Å². The lowest BCUT2D eigenvalue weighted by molar-refractivity contribution is -0.134. The van der Waals surface area contributed by atoms with Crippen molar-refractivity contribution in [2.24, 2.45) is 0 Å². The summed E-state index contributed by atoms with van der Waals surface area (Å²) in [7, 11) is 0. The van der Waals surface area contributed by atoms with E-state index in [1.54, 1.807) is 46.7 Å². The summed E-state index contributed by atoms with van der Waals surface area (Å²) in [5, 5.41) is 6.22. The zero-order valence-corrected chi connectivity index (χ0v) is 22.0. The van der Waals surface area contributed by atoms with Gasteiger partial charge in [-0.3, -0.25) is 9.59 Å². The van der Waals surface area contributed by atoms with Crippen LogP contribution in [0.2, 0.25) is 5.02 Å². The number of hydrogen-bond acceptors (Lipinski definition) is 5. The van der Waals surface area contributed by atoms with Crippen LogP contribution < -0.4 is 10.1 Å². The normalized spacial score (nSPS) is 13.8. The molecule has 4 aromatic rings. The average molecular weight is 550 g/mol. The van der Waals surface area contributed by atoms with E-state index in [1.165, 1.54) is 23.5 Å². The molecule has 38 heavy (non-hydrogen) atoms. The summed E-state index contributed by atoms with van der Waals surface area (Å²) in [6, 6.07) is 20.5. The molecule has 0 bridgehead atoms. The maximum Gasteiger partial charge on any atom is 0.275 e. The Hall–Kier alpha value is -3.75. The van der Waals surface area contributed by atoms with Gasteiger partial charge >= 0.3 is 0 Å². The van der Waals surface area contributed by atoms with Gasteiger partial charge in [0.1, 0.15) is 17.3 Å². The van der Waals surface area contributed by atoms with E-state index in [-0.39, 0.29) is 30.2 Å². The van der Waals surface area contributed by atoms with Gasteiger partial charge in [-0.15, -0.1) is 11.3 Å². The van der Waals surface area contributed by atoms with Gasteiger partial charge in [-0.1, -0.05) is 41.9 Å². The first-order valence-corrected chi connectivity index (χ1v) is 13.5. The molecule has 9 heteroatoms. The van der Waals surface area contributed by atoms with Crippen molar-refractivity contribution in [3.63, 3.8) is 0 Å². The van der Waals surface area contributed by atoms with Crippen LogP contribution in [0, 0.1) is 5.82 Å². The molecule has 0 aliphatic carbocycles. The van der Waals surface area contributed by atoms with Crippen LogP contribution in [0.3, 0.4) is 0 Å². The maximum absolute atomic E-state index is 13.4. The lowest BCUT2D eigenvalue weighted by Crippen LogP contribution is -2.40. The quantitative estimate of drug-likeness (QED) is 0.280. The molecule has 194 valence electrons. The molecular weight excluding hydrogens is 525 g/mol. The fraction of sp³-hybridized carbons (Fsp3) is 0.207. The smallest absolute Gasteiger partial charge is 0.275 e. The standard InChI is InChI=1S/C29H25ClFN3O3S/c30-21-7-11-23(12-8-21)37-17-27(35)34-15-13-20(14-16-34)29-33-26(18-38-29)28(36)32-25-4-2-1-3-24(25)19-5-9-22(31)10-6-19/h1-12,18,20H,13-17H2,(H,32,36). The van der Waals surface area contributed by atoms with E-state index in [9.17, 15) is 14.0 Å². The highest BCUT2D eigenvalue weighted by Crippen LogP contribution is 2.32. The zero-order chi connectivity index (χ0) is 26.5. The monoisotopic (exact) mass is 549 g/mol. The van der Waals surface area contributed by atoms with E-state index in [4.69, 9.17) is 16.3 Å². The topological polar surface area (TPSA) is 71.5 Å². The van der Waals surface area contributed by atoms with Crippen molar-refractivity contribution in [2.75, 3.05) is 25.0 Å². The minimum atomic E-state index is -0.313. The largest absolute Gasteiger partial charge is 0.484 e. The van der Waals surface area contributed by atoms with Crippen LogP contribution in [0.15, 0.2) is 78.2 Å². The minimum absolute atomic E-state index is 0.0206. The second-order valence-corrected chi connectivity index (χ2v) is 10.3. The minimum Gasteiger partial charge on any atom is -0.484 e.